The van der Waals surface area contributed by atoms with Crippen LogP contribution in [0.3, 0.4) is 0 Å². The number of benzene rings is 1. The summed E-state index contributed by atoms with van der Waals surface area (Å²) in [5.74, 6) is 0.966. The molecule has 3 heterocycles. The molecular formula is C24H34N6O4S. The molecule has 35 heavy (non-hydrogen) atoms. The number of fused-ring (bicyclic) bond motifs is 1. The number of rotatable bonds is 11. The average Bonchev–Trinajstić information content (AvgIpc) is 3.12. The van der Waals surface area contributed by atoms with Crippen LogP contribution in [-0.2, 0) is 29.2 Å². The van der Waals surface area contributed by atoms with Gasteiger partial charge in [0.2, 0.25) is 0 Å². The summed E-state index contributed by atoms with van der Waals surface area (Å²) in [6.45, 7) is 7.36. The van der Waals surface area contributed by atoms with Crippen LogP contribution in [0.1, 0.15) is 26.0 Å². The highest BCUT2D eigenvalue weighted by atomic mass is 32.2. The normalized spacial score (nSPS) is 15.6. The third-order valence-corrected chi connectivity index (χ3v) is 7.72. The van der Waals surface area contributed by atoms with Crippen LogP contribution >= 0.6 is 0 Å². The molecule has 0 saturated carbocycles. The Bertz CT molecular complexity index is 1270. The molecule has 1 aromatic carbocycles. The predicted molar refractivity (Wildman–Crippen MR) is 136 cm³/mol. The van der Waals surface area contributed by atoms with Gasteiger partial charge in [0.15, 0.2) is 5.52 Å². The predicted octanol–water partition coefficient (Wildman–Crippen LogP) is 1.96. The topological polar surface area (TPSA) is 106 Å². The molecule has 1 fully saturated rings. The maximum atomic E-state index is 13.3. The zero-order chi connectivity index (χ0) is 25.1. The molecule has 4 rings (SSSR count). The molecule has 1 aliphatic heterocycles. The van der Waals surface area contributed by atoms with Gasteiger partial charge in [0.1, 0.15) is 28.1 Å². The van der Waals surface area contributed by atoms with Crippen molar-refractivity contribution in [2.75, 3.05) is 47.0 Å². The zero-order valence-electron chi connectivity index (χ0n) is 21.0. The fourth-order valence-corrected chi connectivity index (χ4v) is 5.58. The second-order valence-electron chi connectivity index (χ2n) is 8.75. The molecule has 0 aliphatic carbocycles. The molecule has 0 amide bonds. The van der Waals surface area contributed by atoms with Crippen molar-refractivity contribution in [3.63, 3.8) is 0 Å². The molecular weight excluding hydrogens is 468 g/mol. The van der Waals surface area contributed by atoms with Crippen LogP contribution in [0.5, 0.6) is 5.75 Å². The first kappa shape index (κ1) is 25.5. The van der Waals surface area contributed by atoms with Crippen LogP contribution in [0.25, 0.3) is 22.4 Å². The quantitative estimate of drug-likeness (QED) is 0.427. The van der Waals surface area contributed by atoms with E-state index in [1.54, 1.807) is 24.9 Å². The average molecular weight is 503 g/mol. The van der Waals surface area contributed by atoms with E-state index in [2.05, 4.69) is 29.0 Å². The minimum absolute atomic E-state index is 0.263. The third-order valence-electron chi connectivity index (χ3n) is 6.29. The summed E-state index contributed by atoms with van der Waals surface area (Å²) in [6.07, 6.45) is 1.62. The standard InChI is InChI=1S/C24H34N6O4S/c1-6-8-19-21-22(29(4)27-19)24(31)26-23(25-21)18-13-17(9-10-20(18)34-7-2)35(32)30-14-16(15-30)28(3)11-12-33-5/h9-10,13,16H,6-8,11-12,14-15H2,1-5H3,(H,25,26,31). The van der Waals surface area contributed by atoms with Crippen LogP contribution in [0.15, 0.2) is 27.9 Å². The van der Waals surface area contributed by atoms with Gasteiger partial charge in [0.05, 0.1) is 29.4 Å². The molecule has 1 atom stereocenters. The largest absolute Gasteiger partial charge is 0.493 e. The first-order valence-electron chi connectivity index (χ1n) is 12.0. The van der Waals surface area contributed by atoms with Crippen molar-refractivity contribution in [2.45, 2.75) is 37.6 Å². The number of likely N-dealkylation sites (N-methyl/N-ethyl adjacent to an activating group) is 1. The number of aromatic amines is 1. The molecule has 1 N–H and O–H groups in total. The van der Waals surface area contributed by atoms with Crippen molar-refractivity contribution in [2.24, 2.45) is 7.05 Å². The lowest BCUT2D eigenvalue weighted by atomic mass is 10.1. The second-order valence-corrected chi connectivity index (χ2v) is 10.2. The fourth-order valence-electron chi connectivity index (χ4n) is 4.26. The second kappa shape index (κ2) is 11.0. The first-order chi connectivity index (χ1) is 16.9. The number of hydrogen-bond acceptors (Lipinski definition) is 7. The van der Waals surface area contributed by atoms with Gasteiger partial charge in [-0.25, -0.2) is 13.5 Å². The molecule has 1 unspecified atom stereocenters. The number of hydrogen-bond donors (Lipinski definition) is 1. The molecule has 2 aromatic heterocycles. The molecule has 0 bridgehead atoms. The van der Waals surface area contributed by atoms with Crippen molar-refractivity contribution in [3.8, 4) is 17.1 Å². The van der Waals surface area contributed by atoms with Crippen molar-refractivity contribution in [1.82, 2.24) is 29.0 Å². The van der Waals surface area contributed by atoms with E-state index in [9.17, 15) is 9.00 Å². The number of methoxy groups -OCH3 is 1. The Kier molecular flexibility index (Phi) is 8.00. The van der Waals surface area contributed by atoms with Crippen LogP contribution < -0.4 is 10.3 Å². The molecule has 11 heteroatoms. The van der Waals surface area contributed by atoms with Crippen LogP contribution in [-0.4, -0.2) is 86.2 Å². The molecule has 10 nitrogen and oxygen atoms in total. The Hall–Kier alpha value is -2.60. The maximum Gasteiger partial charge on any atom is 0.277 e. The lowest BCUT2D eigenvalue weighted by molar-refractivity contribution is 0.0833. The number of nitrogens with zero attached hydrogens (tertiary/aromatic N) is 5. The molecule has 1 saturated heterocycles. The molecule has 3 aromatic rings. The monoisotopic (exact) mass is 502 g/mol. The van der Waals surface area contributed by atoms with Crippen LogP contribution in [0.2, 0.25) is 0 Å². The highest BCUT2D eigenvalue weighted by Crippen LogP contribution is 2.32. The van der Waals surface area contributed by atoms with E-state index in [1.807, 2.05) is 23.4 Å². The Balaban J connectivity index is 1.66. The first-order valence-corrected chi connectivity index (χ1v) is 13.1. The van der Waals surface area contributed by atoms with E-state index in [-0.39, 0.29) is 5.56 Å². The minimum atomic E-state index is -1.33. The molecule has 190 valence electrons. The molecule has 1 aliphatic rings. The lowest BCUT2D eigenvalue weighted by Gasteiger charge is -2.42. The van der Waals surface area contributed by atoms with E-state index in [0.29, 0.717) is 65.4 Å². The van der Waals surface area contributed by atoms with Gasteiger partial charge >= 0.3 is 0 Å². The van der Waals surface area contributed by atoms with Gasteiger partial charge in [0.25, 0.3) is 5.56 Å². The smallest absolute Gasteiger partial charge is 0.277 e. The number of aryl methyl sites for hydroxylation is 2. The van der Waals surface area contributed by atoms with Gasteiger partial charge < -0.3 is 14.5 Å². The summed E-state index contributed by atoms with van der Waals surface area (Å²) in [5, 5.41) is 4.50. The van der Waals surface area contributed by atoms with Crippen LogP contribution in [0, 0.1) is 0 Å². The highest BCUT2D eigenvalue weighted by molar-refractivity contribution is 7.82. The van der Waals surface area contributed by atoms with E-state index in [1.165, 1.54) is 0 Å². The summed E-state index contributed by atoms with van der Waals surface area (Å²) in [4.78, 5) is 23.5. The Morgan fingerprint density at radius 3 is 2.74 bits per heavy atom. The van der Waals surface area contributed by atoms with Crippen molar-refractivity contribution < 1.29 is 13.7 Å². The fraction of sp³-hybridized carbons (Fsp3) is 0.542. The van der Waals surface area contributed by atoms with E-state index in [4.69, 9.17) is 14.5 Å². The minimum Gasteiger partial charge on any atom is -0.493 e. The summed E-state index contributed by atoms with van der Waals surface area (Å²) in [5.41, 5.74) is 2.17. The van der Waals surface area contributed by atoms with Gasteiger partial charge in [-0.2, -0.15) is 5.10 Å². The molecule has 0 radical (unpaired) electrons. The number of ether oxygens (including phenoxy) is 2. The van der Waals surface area contributed by atoms with Gasteiger partial charge in [-0.1, -0.05) is 13.3 Å². The summed E-state index contributed by atoms with van der Waals surface area (Å²) in [7, 11) is 4.17. The van der Waals surface area contributed by atoms with Crippen molar-refractivity contribution >= 4 is 22.0 Å². The lowest BCUT2D eigenvalue weighted by Crippen LogP contribution is -2.58. The SMILES string of the molecule is CCCc1nn(C)c2c(=O)[nH]c(-c3cc(S(=O)N4CC(N(C)CCOC)C4)ccc3OCC)nc12. The number of aromatic nitrogens is 4. The Labute approximate surface area is 207 Å². The third kappa shape index (κ3) is 5.18. The summed E-state index contributed by atoms with van der Waals surface area (Å²) < 4.78 is 27.8. The highest BCUT2D eigenvalue weighted by Gasteiger charge is 2.34. The molecule has 0 spiro atoms. The van der Waals surface area contributed by atoms with Gasteiger partial charge in [0, 0.05) is 39.8 Å². The maximum absolute atomic E-state index is 13.3. The Morgan fingerprint density at radius 1 is 1.29 bits per heavy atom. The summed E-state index contributed by atoms with van der Waals surface area (Å²) in [6, 6.07) is 5.77. The Morgan fingerprint density at radius 2 is 2.06 bits per heavy atom. The number of nitrogens with one attached hydrogen (secondary N) is 1. The number of H-pyrrole nitrogens is 1. The van der Waals surface area contributed by atoms with E-state index in [0.717, 1.165) is 25.1 Å². The summed E-state index contributed by atoms with van der Waals surface area (Å²) >= 11 is 0. The van der Waals surface area contributed by atoms with E-state index >= 15 is 0 Å². The van der Waals surface area contributed by atoms with Crippen molar-refractivity contribution in [1.29, 1.82) is 0 Å². The van der Waals surface area contributed by atoms with Gasteiger partial charge in [-0.3, -0.25) is 14.4 Å². The van der Waals surface area contributed by atoms with E-state index < -0.39 is 11.0 Å². The van der Waals surface area contributed by atoms with Gasteiger partial charge in [-0.05, 0) is 38.6 Å². The van der Waals surface area contributed by atoms with Crippen molar-refractivity contribution in [3.05, 3.63) is 34.2 Å². The van der Waals surface area contributed by atoms with Crippen LogP contribution in [0.4, 0.5) is 0 Å². The van der Waals surface area contributed by atoms with Gasteiger partial charge in [-0.15, -0.1) is 0 Å². The zero-order valence-corrected chi connectivity index (χ0v) is 21.9.